The van der Waals surface area contributed by atoms with Crippen molar-refractivity contribution in [1.29, 1.82) is 0 Å². The van der Waals surface area contributed by atoms with Crippen LogP contribution in [0.5, 0.6) is 0 Å². The Kier molecular flexibility index (Phi) is 10.9. The van der Waals surface area contributed by atoms with Gasteiger partial charge in [-0.15, -0.1) is 6.58 Å². The van der Waals surface area contributed by atoms with Crippen molar-refractivity contribution in [1.82, 2.24) is 19.6 Å². The first-order chi connectivity index (χ1) is 24.1. The Morgan fingerprint density at radius 1 is 0.712 bits per heavy atom. The average Bonchev–Trinajstić information content (AvgIpc) is 3.85. The van der Waals surface area contributed by atoms with Crippen molar-refractivity contribution in [2.75, 3.05) is 0 Å². The van der Waals surface area contributed by atoms with Crippen LogP contribution >= 0.6 is 0 Å². The lowest BCUT2D eigenvalue weighted by atomic mass is 9.58. The van der Waals surface area contributed by atoms with Gasteiger partial charge in [0, 0.05) is 6.42 Å². The number of halogens is 2. The molecule has 52 heavy (non-hydrogen) atoms. The fraction of sp³-hybridized carbons (Fsp3) is 0.444. The predicted octanol–water partition coefficient (Wildman–Crippen LogP) is 11.7. The van der Waals surface area contributed by atoms with Crippen molar-refractivity contribution >= 4 is 18.4 Å². The molecule has 4 aromatic rings. The summed E-state index contributed by atoms with van der Waals surface area (Å²) in [6.07, 6.45) is 22.0. The van der Waals surface area contributed by atoms with Crippen molar-refractivity contribution in [3.63, 3.8) is 0 Å². The van der Waals surface area contributed by atoms with E-state index in [2.05, 4.69) is 62.7 Å². The topological polar surface area (TPSA) is 52.7 Å². The van der Waals surface area contributed by atoms with Crippen LogP contribution in [0.1, 0.15) is 116 Å². The summed E-state index contributed by atoms with van der Waals surface area (Å²) in [5, 5.41) is 9.16. The van der Waals surface area contributed by atoms with Gasteiger partial charge in [-0.25, -0.2) is 18.1 Å². The lowest BCUT2D eigenvalue weighted by molar-refractivity contribution is -0.111. The molecule has 0 amide bonds. The molecular formula is C45H56F2N4O. The predicted molar refractivity (Wildman–Crippen MR) is 209 cm³/mol. The Bertz CT molecular complexity index is 1840. The third kappa shape index (κ3) is 5.94. The first-order valence-corrected chi connectivity index (χ1v) is 18.2. The van der Waals surface area contributed by atoms with Gasteiger partial charge in [0.15, 0.2) is 0 Å². The van der Waals surface area contributed by atoms with E-state index in [0.717, 1.165) is 74.0 Å². The molecule has 5 nitrogen and oxygen atoms in total. The zero-order valence-corrected chi connectivity index (χ0v) is 29.8. The van der Waals surface area contributed by atoms with Gasteiger partial charge in [0.25, 0.3) is 0 Å². The van der Waals surface area contributed by atoms with Gasteiger partial charge in [-0.05, 0) is 151 Å². The van der Waals surface area contributed by atoms with Gasteiger partial charge in [0.05, 0.1) is 35.2 Å². The van der Waals surface area contributed by atoms with Crippen LogP contribution in [-0.2, 0) is 17.6 Å². The fourth-order valence-electron chi connectivity index (χ4n) is 10.1. The molecule has 276 valence electrons. The number of rotatable bonds is 8. The van der Waals surface area contributed by atoms with Gasteiger partial charge in [-0.1, -0.05) is 59.8 Å². The van der Waals surface area contributed by atoms with Crippen LogP contribution in [0.25, 0.3) is 23.5 Å². The first-order valence-electron chi connectivity index (χ1n) is 18.2. The lowest BCUT2D eigenvalue weighted by Crippen LogP contribution is -2.39. The molecule has 4 aliphatic carbocycles. The van der Waals surface area contributed by atoms with E-state index >= 15 is 0 Å². The average molecular weight is 707 g/mol. The largest absolute Gasteiger partial charge is 0.303 e. The summed E-state index contributed by atoms with van der Waals surface area (Å²) in [6.45, 7) is 13.3. The van der Waals surface area contributed by atoms with Crippen molar-refractivity contribution in [3.8, 4) is 11.4 Å². The van der Waals surface area contributed by atoms with E-state index in [-0.39, 0.29) is 42.7 Å². The minimum Gasteiger partial charge on any atom is -0.303 e. The second-order valence-electron chi connectivity index (χ2n) is 15.4. The monoisotopic (exact) mass is 706 g/mol. The van der Waals surface area contributed by atoms with Gasteiger partial charge in [0.1, 0.15) is 17.9 Å². The number of nitrogens with zero attached hydrogens (tertiary/aromatic N) is 4. The van der Waals surface area contributed by atoms with Gasteiger partial charge in [-0.3, -0.25) is 0 Å². The van der Waals surface area contributed by atoms with E-state index in [1.54, 1.807) is 24.3 Å². The summed E-state index contributed by atoms with van der Waals surface area (Å²) in [4.78, 5) is 11.3. The number of benzene rings is 2. The molecule has 4 aliphatic rings. The zero-order valence-electron chi connectivity index (χ0n) is 29.8. The molecule has 7 heteroatoms. The highest BCUT2D eigenvalue weighted by Gasteiger charge is 2.55. The normalized spacial score (nSPS) is 26.5. The molecule has 8 rings (SSSR count). The smallest absolute Gasteiger partial charge is 0.123 e. The minimum absolute atomic E-state index is 0. The number of hydrogen-bond donors (Lipinski definition) is 0. The van der Waals surface area contributed by atoms with Crippen LogP contribution in [0.3, 0.4) is 0 Å². The van der Waals surface area contributed by atoms with Crippen LogP contribution in [0, 0.1) is 33.3 Å². The van der Waals surface area contributed by atoms with E-state index in [1.165, 1.54) is 59.4 Å². The zero-order chi connectivity index (χ0) is 35.3. The molecule has 0 bridgehead atoms. The molecule has 2 aromatic carbocycles. The third-order valence-electron chi connectivity index (χ3n) is 13.5. The number of aldehydes is 1. The van der Waals surface area contributed by atoms with Gasteiger partial charge >= 0.3 is 0 Å². The van der Waals surface area contributed by atoms with Gasteiger partial charge in [0.2, 0.25) is 0 Å². The van der Waals surface area contributed by atoms with E-state index in [0.29, 0.717) is 11.8 Å². The lowest BCUT2D eigenvalue weighted by Gasteiger charge is -2.45. The first kappa shape index (κ1) is 38.8. The minimum atomic E-state index is -0.243. The van der Waals surface area contributed by atoms with Crippen LogP contribution in [0.15, 0.2) is 84.7 Å². The number of carbonyl (C=O) groups is 1. The van der Waals surface area contributed by atoms with Crippen LogP contribution < -0.4 is 0 Å². The maximum atomic E-state index is 13.2. The van der Waals surface area contributed by atoms with Crippen molar-refractivity contribution in [3.05, 3.63) is 119 Å². The summed E-state index contributed by atoms with van der Waals surface area (Å²) >= 11 is 0. The summed E-state index contributed by atoms with van der Waals surface area (Å²) in [5.41, 5.74) is 10.0. The quantitative estimate of drug-likeness (QED) is 0.135. The second kappa shape index (κ2) is 14.6. The van der Waals surface area contributed by atoms with Crippen LogP contribution in [-0.4, -0.2) is 25.8 Å². The van der Waals surface area contributed by atoms with E-state index in [1.807, 2.05) is 21.8 Å². The molecule has 0 radical (unpaired) electrons. The van der Waals surface area contributed by atoms with Gasteiger partial charge in [-0.2, -0.15) is 10.2 Å². The molecule has 4 atom stereocenters. The Labute approximate surface area is 309 Å². The number of aromatic nitrogens is 4. The van der Waals surface area contributed by atoms with Crippen molar-refractivity contribution < 1.29 is 13.6 Å². The molecule has 2 saturated carbocycles. The van der Waals surface area contributed by atoms with E-state index < -0.39 is 0 Å². The maximum Gasteiger partial charge on any atom is 0.123 e. The molecular weight excluding hydrogens is 651 g/mol. The standard InChI is InChI=1S/C22H25FN2.C21H23FN2O.2CH4/c1-4-11-22(5-2)12-10-17-13-20-16(14-21(17,22)3)15-24-25(20)19-8-6-18(23)7-9-19;1-3-21(10-11-25)9-8-16-12-19-15(13-20(16,21)2)14-23-24(19)18-6-4-17(22)5-7-18;;/h4,6-9,13,15H,1,5,10-12,14H2,2-3H3;4-7,11-12,14H,3,8-10,13H2,1-2H3;2*1H4/t21-,22+;20-,21-;;/m00../s1. The fourth-order valence-corrected chi connectivity index (χ4v) is 10.1. The van der Waals surface area contributed by atoms with Gasteiger partial charge < -0.3 is 4.79 Å². The highest BCUT2D eigenvalue weighted by molar-refractivity contribution is 5.64. The molecule has 2 aromatic heterocycles. The Morgan fingerprint density at radius 2 is 1.12 bits per heavy atom. The number of allylic oxidation sites excluding steroid dienone is 3. The number of hydrogen-bond acceptors (Lipinski definition) is 3. The Hall–Kier alpha value is -4.39. The van der Waals surface area contributed by atoms with Crippen molar-refractivity contribution in [2.45, 2.75) is 107 Å². The molecule has 2 heterocycles. The molecule has 0 saturated heterocycles. The third-order valence-corrected chi connectivity index (χ3v) is 13.5. The number of carbonyl (C=O) groups excluding carboxylic acids is 1. The maximum absolute atomic E-state index is 13.2. The summed E-state index contributed by atoms with van der Waals surface area (Å²) < 4.78 is 30.3. The Balaban J connectivity index is 0.000000194. The molecule has 0 unspecified atom stereocenters. The van der Waals surface area contributed by atoms with E-state index in [4.69, 9.17) is 0 Å². The molecule has 0 spiro atoms. The Morgan fingerprint density at radius 3 is 1.48 bits per heavy atom. The summed E-state index contributed by atoms with van der Waals surface area (Å²) in [6, 6.07) is 13.0. The van der Waals surface area contributed by atoms with Crippen LogP contribution in [0.2, 0.25) is 0 Å². The highest BCUT2D eigenvalue weighted by atomic mass is 19.1. The summed E-state index contributed by atoms with van der Waals surface area (Å²) in [5.74, 6) is -0.461. The highest BCUT2D eigenvalue weighted by Crippen LogP contribution is 2.64. The summed E-state index contributed by atoms with van der Waals surface area (Å²) in [7, 11) is 0. The molecule has 0 aliphatic heterocycles. The SMILES string of the molecule is C.C.C=CC[C@]1(CC)CCC2=Cc3c(cnn3-c3ccc(F)cc3)C[C@@]21C.CC[C@@]1(CC=O)CCC2=Cc3c(cnn3-c3ccc(F)cc3)C[C@@]21C. The molecule has 2 fully saturated rings. The second-order valence-corrected chi connectivity index (χ2v) is 15.4. The molecule has 0 N–H and O–H groups in total. The van der Waals surface area contributed by atoms with Crippen molar-refractivity contribution in [2.24, 2.45) is 21.7 Å². The van der Waals surface area contributed by atoms with E-state index in [9.17, 15) is 13.6 Å². The van der Waals surface area contributed by atoms with Crippen LogP contribution in [0.4, 0.5) is 8.78 Å². The number of fused-ring (bicyclic) bond motifs is 4.